The summed E-state index contributed by atoms with van der Waals surface area (Å²) < 4.78 is 17.1. The van der Waals surface area contributed by atoms with Crippen molar-refractivity contribution in [3.63, 3.8) is 0 Å². The number of para-hydroxylation sites is 2. The second-order valence-corrected chi connectivity index (χ2v) is 5.81. The summed E-state index contributed by atoms with van der Waals surface area (Å²) in [6, 6.07) is 16.2. The van der Waals surface area contributed by atoms with Crippen molar-refractivity contribution in [1.29, 1.82) is 0 Å². The van der Waals surface area contributed by atoms with Gasteiger partial charge in [0.1, 0.15) is 5.75 Å². The van der Waals surface area contributed by atoms with Crippen LogP contribution in [0.2, 0.25) is 0 Å². The highest BCUT2D eigenvalue weighted by Crippen LogP contribution is 2.26. The van der Waals surface area contributed by atoms with Crippen molar-refractivity contribution in [2.75, 3.05) is 19.8 Å². The van der Waals surface area contributed by atoms with E-state index in [9.17, 15) is 0 Å². The summed E-state index contributed by atoms with van der Waals surface area (Å²) in [4.78, 5) is 0. The van der Waals surface area contributed by atoms with Crippen LogP contribution in [0.25, 0.3) is 0 Å². The Hall–Kier alpha value is -2.16. The zero-order chi connectivity index (χ0) is 17.2. The first-order valence-corrected chi connectivity index (χ1v) is 8.82. The zero-order valence-electron chi connectivity index (χ0n) is 15.0. The molecule has 0 fully saturated rings. The maximum absolute atomic E-state index is 5.79. The smallest absolute Gasteiger partial charge is 0.161 e. The third-order valence-electron chi connectivity index (χ3n) is 4.03. The van der Waals surface area contributed by atoms with Crippen LogP contribution in [0.4, 0.5) is 0 Å². The van der Waals surface area contributed by atoms with Gasteiger partial charge in [-0.3, -0.25) is 0 Å². The van der Waals surface area contributed by atoms with E-state index in [1.54, 1.807) is 0 Å². The Morgan fingerprint density at radius 1 is 0.792 bits per heavy atom. The van der Waals surface area contributed by atoms with Crippen molar-refractivity contribution in [2.24, 2.45) is 0 Å². The van der Waals surface area contributed by atoms with Gasteiger partial charge in [0.05, 0.1) is 19.8 Å². The van der Waals surface area contributed by atoms with Crippen LogP contribution in [0.5, 0.6) is 17.2 Å². The molecule has 0 aromatic heterocycles. The van der Waals surface area contributed by atoms with Crippen molar-refractivity contribution in [3.05, 3.63) is 54.1 Å². The summed E-state index contributed by atoms with van der Waals surface area (Å²) in [6.45, 7) is 8.30. The minimum absolute atomic E-state index is 0.595. The van der Waals surface area contributed by atoms with Crippen molar-refractivity contribution in [3.8, 4) is 17.2 Å². The first kappa shape index (κ1) is 18.2. The molecule has 1 atom stereocenters. The maximum Gasteiger partial charge on any atom is 0.161 e. The maximum atomic E-state index is 5.79. The molecule has 2 aromatic carbocycles. The molecule has 0 spiro atoms. The summed E-state index contributed by atoms with van der Waals surface area (Å²) in [7, 11) is 0. The van der Waals surface area contributed by atoms with Crippen molar-refractivity contribution >= 4 is 0 Å². The number of hydrogen-bond acceptors (Lipinski definition) is 3. The van der Waals surface area contributed by atoms with E-state index in [1.165, 1.54) is 5.56 Å². The molecule has 130 valence electrons. The molecule has 0 aliphatic carbocycles. The van der Waals surface area contributed by atoms with E-state index < -0.39 is 0 Å². The molecule has 0 radical (unpaired) electrons. The first-order valence-electron chi connectivity index (χ1n) is 8.82. The van der Waals surface area contributed by atoms with Crippen molar-refractivity contribution in [2.45, 2.75) is 39.5 Å². The third kappa shape index (κ3) is 5.48. The topological polar surface area (TPSA) is 27.7 Å². The van der Waals surface area contributed by atoms with Gasteiger partial charge >= 0.3 is 0 Å². The largest absolute Gasteiger partial charge is 0.493 e. The Balaban J connectivity index is 1.72. The molecule has 0 aliphatic rings. The predicted molar refractivity (Wildman–Crippen MR) is 98.4 cm³/mol. The van der Waals surface area contributed by atoms with E-state index in [1.807, 2.05) is 43.3 Å². The first-order chi connectivity index (χ1) is 11.7. The molecule has 0 aliphatic heterocycles. The Kier molecular flexibility index (Phi) is 7.47. The van der Waals surface area contributed by atoms with Gasteiger partial charge in [-0.1, -0.05) is 38.1 Å². The van der Waals surface area contributed by atoms with Gasteiger partial charge in [0.15, 0.2) is 11.5 Å². The Morgan fingerprint density at radius 2 is 1.42 bits per heavy atom. The number of rotatable bonds is 10. The molecule has 0 bridgehead atoms. The molecule has 2 aromatic rings. The molecule has 2 rings (SSSR count). The Labute approximate surface area is 145 Å². The van der Waals surface area contributed by atoms with Crippen molar-refractivity contribution in [1.82, 2.24) is 0 Å². The summed E-state index contributed by atoms with van der Waals surface area (Å²) >= 11 is 0. The molecule has 3 heteroatoms. The molecule has 0 saturated heterocycles. The van der Waals surface area contributed by atoms with Crippen LogP contribution in [0.15, 0.2) is 48.5 Å². The molecule has 1 unspecified atom stereocenters. The molecule has 0 saturated carbocycles. The van der Waals surface area contributed by atoms with E-state index in [4.69, 9.17) is 14.2 Å². The molecular formula is C21H28O3. The van der Waals surface area contributed by atoms with Gasteiger partial charge in [0.25, 0.3) is 0 Å². The minimum atomic E-state index is 0.595. The standard InChI is InChI=1S/C21H28O3/c1-4-17(3)18-11-13-19(14-12-18)23-15-8-16-24-21-10-7-6-9-20(21)22-5-2/h6-7,9-14,17H,4-5,8,15-16H2,1-3H3. The molecule has 0 amide bonds. The molecule has 0 heterocycles. The van der Waals surface area contributed by atoms with Crippen LogP contribution in [0.3, 0.4) is 0 Å². The van der Waals surface area contributed by atoms with Crippen LogP contribution in [0, 0.1) is 0 Å². The fourth-order valence-electron chi connectivity index (χ4n) is 2.40. The number of hydrogen-bond donors (Lipinski definition) is 0. The lowest BCUT2D eigenvalue weighted by Gasteiger charge is -2.12. The summed E-state index contributed by atoms with van der Waals surface area (Å²) in [5.74, 6) is 3.09. The van der Waals surface area contributed by atoms with Gasteiger partial charge in [0, 0.05) is 6.42 Å². The number of benzene rings is 2. The highest BCUT2D eigenvalue weighted by molar-refractivity contribution is 5.39. The van der Waals surface area contributed by atoms with Crippen LogP contribution in [0.1, 0.15) is 45.1 Å². The lowest BCUT2D eigenvalue weighted by Crippen LogP contribution is -2.06. The molecule has 3 nitrogen and oxygen atoms in total. The zero-order valence-corrected chi connectivity index (χ0v) is 15.0. The lowest BCUT2D eigenvalue weighted by molar-refractivity contribution is 0.236. The molecule has 0 N–H and O–H groups in total. The fourth-order valence-corrected chi connectivity index (χ4v) is 2.40. The van der Waals surface area contributed by atoms with Crippen molar-refractivity contribution < 1.29 is 14.2 Å². The predicted octanol–water partition coefficient (Wildman–Crippen LogP) is 5.45. The average Bonchev–Trinajstić information content (AvgIpc) is 2.63. The van der Waals surface area contributed by atoms with E-state index in [2.05, 4.69) is 26.0 Å². The van der Waals surface area contributed by atoms with Gasteiger partial charge in [-0.05, 0) is 49.1 Å². The minimum Gasteiger partial charge on any atom is -0.493 e. The Morgan fingerprint density at radius 3 is 2.04 bits per heavy atom. The SMILES string of the molecule is CCOc1ccccc1OCCCOc1ccc(C(C)CC)cc1. The molecular weight excluding hydrogens is 300 g/mol. The quantitative estimate of drug-likeness (QED) is 0.543. The van der Waals surface area contributed by atoms with E-state index in [-0.39, 0.29) is 0 Å². The molecule has 24 heavy (non-hydrogen) atoms. The van der Waals surface area contributed by atoms with Gasteiger partial charge < -0.3 is 14.2 Å². The highest BCUT2D eigenvalue weighted by atomic mass is 16.5. The van der Waals surface area contributed by atoms with Crippen LogP contribution < -0.4 is 14.2 Å². The van der Waals surface area contributed by atoms with Crippen LogP contribution >= 0.6 is 0 Å². The third-order valence-corrected chi connectivity index (χ3v) is 4.03. The van der Waals surface area contributed by atoms with Gasteiger partial charge in [-0.2, -0.15) is 0 Å². The average molecular weight is 328 g/mol. The van der Waals surface area contributed by atoms with Gasteiger partial charge in [0.2, 0.25) is 0 Å². The van der Waals surface area contributed by atoms with E-state index in [0.29, 0.717) is 25.7 Å². The summed E-state index contributed by atoms with van der Waals surface area (Å²) in [6.07, 6.45) is 1.98. The van der Waals surface area contributed by atoms with Gasteiger partial charge in [-0.25, -0.2) is 0 Å². The normalized spacial score (nSPS) is 11.8. The number of ether oxygens (including phenoxy) is 3. The Bertz CT molecular complexity index is 592. The fraction of sp³-hybridized carbons (Fsp3) is 0.429. The van der Waals surface area contributed by atoms with E-state index >= 15 is 0 Å². The second kappa shape index (κ2) is 9.86. The highest BCUT2D eigenvalue weighted by Gasteiger charge is 2.04. The van der Waals surface area contributed by atoms with Crippen LogP contribution in [-0.2, 0) is 0 Å². The second-order valence-electron chi connectivity index (χ2n) is 5.81. The van der Waals surface area contributed by atoms with E-state index in [0.717, 1.165) is 30.1 Å². The summed E-state index contributed by atoms with van der Waals surface area (Å²) in [5.41, 5.74) is 1.36. The summed E-state index contributed by atoms with van der Waals surface area (Å²) in [5, 5.41) is 0. The lowest BCUT2D eigenvalue weighted by atomic mass is 9.99. The monoisotopic (exact) mass is 328 g/mol. The van der Waals surface area contributed by atoms with Gasteiger partial charge in [-0.15, -0.1) is 0 Å². The van der Waals surface area contributed by atoms with Crippen LogP contribution in [-0.4, -0.2) is 19.8 Å².